The number of anilines is 2. The van der Waals surface area contributed by atoms with Gasteiger partial charge in [0, 0.05) is 0 Å². The molecule has 2 nitrogen and oxygen atoms in total. The Labute approximate surface area is 142 Å². The topological polar surface area (TPSA) is 52.0 Å². The van der Waals surface area contributed by atoms with E-state index in [1.807, 2.05) is 12.1 Å². The largest absolute Gasteiger partial charge is 0.397 e. The Bertz CT molecular complexity index is 887. The van der Waals surface area contributed by atoms with Gasteiger partial charge in [-0.3, -0.25) is 0 Å². The Morgan fingerprint density at radius 3 is 0.875 bits per heavy atom. The molecule has 0 saturated carbocycles. The second kappa shape index (κ2) is 4.88. The van der Waals surface area contributed by atoms with Crippen molar-refractivity contribution in [2.45, 2.75) is 27.7 Å². The molecule has 120 valence electrons. The lowest BCUT2D eigenvalue weighted by molar-refractivity contribution is 1.36. The van der Waals surface area contributed by atoms with Crippen LogP contribution >= 0.6 is 0 Å². The minimum Gasteiger partial charge on any atom is -0.397 e. The Hall–Kier alpha value is -2.74. The highest BCUT2D eigenvalue weighted by molar-refractivity contribution is 6.26. The molecule has 4 rings (SSSR count). The van der Waals surface area contributed by atoms with Gasteiger partial charge < -0.3 is 11.5 Å². The van der Waals surface area contributed by atoms with Crippen molar-refractivity contribution < 1.29 is 0 Å². The molecule has 0 heterocycles. The summed E-state index contributed by atoms with van der Waals surface area (Å²) in [5.74, 6) is 0. The minimum absolute atomic E-state index is 0.644. The van der Waals surface area contributed by atoms with E-state index in [1.165, 1.54) is 54.6 Å². The van der Waals surface area contributed by atoms with Crippen LogP contribution in [-0.4, -0.2) is 0 Å². The highest BCUT2D eigenvalue weighted by Gasteiger charge is 2.12. The molecular formula is C22H22N2. The monoisotopic (exact) mass is 314 g/mol. The second-order valence-corrected chi connectivity index (χ2v) is 6.99. The third-order valence-corrected chi connectivity index (χ3v) is 5.36. The van der Waals surface area contributed by atoms with Gasteiger partial charge in [-0.25, -0.2) is 0 Å². The van der Waals surface area contributed by atoms with Crippen LogP contribution < -0.4 is 11.5 Å². The van der Waals surface area contributed by atoms with Gasteiger partial charge in [-0.15, -0.1) is 0 Å². The number of nitrogens with two attached hydrogens (primary N) is 2. The summed E-state index contributed by atoms with van der Waals surface area (Å²) in [6.45, 7) is 8.66. The molecule has 4 N–H and O–H groups in total. The van der Waals surface area contributed by atoms with Crippen molar-refractivity contribution in [1.29, 1.82) is 0 Å². The zero-order valence-electron chi connectivity index (χ0n) is 14.6. The molecule has 0 aliphatic rings. The maximum absolute atomic E-state index is 6.12. The predicted octanol–water partition coefficient (Wildman–Crippen LogP) is 5.54. The maximum Gasteiger partial charge on any atom is 0.0554 e. The van der Waals surface area contributed by atoms with Crippen LogP contribution in [0.3, 0.4) is 0 Å². The van der Waals surface area contributed by atoms with E-state index >= 15 is 0 Å². The predicted molar refractivity (Wildman–Crippen MR) is 107 cm³/mol. The van der Waals surface area contributed by atoms with Crippen LogP contribution in [0.2, 0.25) is 0 Å². The summed E-state index contributed by atoms with van der Waals surface area (Å²) in [4.78, 5) is 0. The van der Waals surface area contributed by atoms with Crippen LogP contribution in [0.15, 0.2) is 36.4 Å². The smallest absolute Gasteiger partial charge is 0.0554 e. The summed E-state index contributed by atoms with van der Waals surface area (Å²) in [7, 11) is 0. The van der Waals surface area contributed by atoms with Crippen molar-refractivity contribution in [3.05, 3.63) is 58.7 Å². The van der Waals surface area contributed by atoms with E-state index in [2.05, 4.69) is 52.0 Å². The van der Waals surface area contributed by atoms with Gasteiger partial charge in [0.15, 0.2) is 0 Å². The summed E-state index contributed by atoms with van der Waals surface area (Å²) >= 11 is 0. The van der Waals surface area contributed by atoms with Gasteiger partial charge in [0.25, 0.3) is 0 Å². The molecule has 0 atom stereocenters. The molecule has 0 spiro atoms. The first-order valence-corrected chi connectivity index (χ1v) is 8.29. The normalized spacial score (nSPS) is 11.7. The van der Waals surface area contributed by atoms with Crippen LogP contribution in [0.1, 0.15) is 22.3 Å². The van der Waals surface area contributed by atoms with Crippen molar-refractivity contribution in [2.75, 3.05) is 11.5 Å². The Morgan fingerprint density at radius 1 is 0.417 bits per heavy atom. The van der Waals surface area contributed by atoms with Crippen LogP contribution in [0.4, 0.5) is 11.4 Å². The van der Waals surface area contributed by atoms with Crippen LogP contribution in [0.5, 0.6) is 0 Å². The molecule has 0 aliphatic heterocycles. The van der Waals surface area contributed by atoms with E-state index in [-0.39, 0.29) is 0 Å². The van der Waals surface area contributed by atoms with E-state index < -0.39 is 0 Å². The van der Waals surface area contributed by atoms with Crippen LogP contribution in [0.25, 0.3) is 32.3 Å². The Balaban J connectivity index is 2.40. The first-order chi connectivity index (χ1) is 11.4. The molecule has 4 aromatic rings. The van der Waals surface area contributed by atoms with Crippen LogP contribution in [0, 0.1) is 27.7 Å². The van der Waals surface area contributed by atoms with Gasteiger partial charge in [0.2, 0.25) is 0 Å². The van der Waals surface area contributed by atoms with Crippen molar-refractivity contribution in [2.24, 2.45) is 0 Å². The fourth-order valence-electron chi connectivity index (χ4n) is 3.60. The lowest BCUT2D eigenvalue weighted by atomic mass is 9.89. The summed E-state index contributed by atoms with van der Waals surface area (Å²) in [5, 5.41) is 7.41. The SMILES string of the molecule is Cc1cc2c3cc(C)c(C)cc3c3cc(N)c(N)cc3c2cc1C. The van der Waals surface area contributed by atoms with E-state index in [0.717, 1.165) is 0 Å². The standard InChI is InChI=1S/C22H22N2/c1-11-5-15-16-6-12(2)14(4)8-18(16)20-10-22(24)21(23)9-19(20)17(15)7-13(11)3/h5-10H,23-24H2,1-4H3. The molecule has 2 heteroatoms. The first kappa shape index (κ1) is 14.8. The summed E-state index contributed by atoms with van der Waals surface area (Å²) in [5.41, 5.74) is 18.7. The molecule has 0 unspecified atom stereocenters. The number of hydrogen-bond donors (Lipinski definition) is 2. The van der Waals surface area contributed by atoms with Gasteiger partial charge in [0.1, 0.15) is 0 Å². The molecule has 0 bridgehead atoms. The van der Waals surface area contributed by atoms with Gasteiger partial charge in [-0.1, -0.05) is 24.3 Å². The second-order valence-electron chi connectivity index (χ2n) is 6.99. The van der Waals surface area contributed by atoms with Gasteiger partial charge >= 0.3 is 0 Å². The van der Waals surface area contributed by atoms with Crippen LogP contribution in [-0.2, 0) is 0 Å². The lowest BCUT2D eigenvalue weighted by Crippen LogP contribution is -1.96. The fraction of sp³-hybridized carbons (Fsp3) is 0.182. The summed E-state index contributed by atoms with van der Waals surface area (Å²) in [6.07, 6.45) is 0. The zero-order valence-corrected chi connectivity index (χ0v) is 14.6. The van der Waals surface area contributed by atoms with Crippen molar-refractivity contribution in [3.63, 3.8) is 0 Å². The van der Waals surface area contributed by atoms with E-state index in [1.54, 1.807) is 0 Å². The molecule has 0 aliphatic carbocycles. The Morgan fingerprint density at radius 2 is 0.625 bits per heavy atom. The van der Waals surface area contributed by atoms with Gasteiger partial charge in [-0.2, -0.15) is 0 Å². The highest BCUT2D eigenvalue weighted by Crippen LogP contribution is 2.39. The average Bonchev–Trinajstić information content (AvgIpc) is 2.53. The molecular weight excluding hydrogens is 292 g/mol. The fourth-order valence-corrected chi connectivity index (χ4v) is 3.60. The van der Waals surface area contributed by atoms with Gasteiger partial charge in [-0.05, 0) is 94.4 Å². The third kappa shape index (κ3) is 1.96. The number of benzene rings is 4. The lowest BCUT2D eigenvalue weighted by Gasteiger charge is -2.15. The van der Waals surface area contributed by atoms with E-state index in [4.69, 9.17) is 11.5 Å². The third-order valence-electron chi connectivity index (χ3n) is 5.36. The first-order valence-electron chi connectivity index (χ1n) is 8.29. The molecule has 4 aromatic carbocycles. The average molecular weight is 314 g/mol. The van der Waals surface area contributed by atoms with E-state index in [9.17, 15) is 0 Å². The molecule has 0 saturated heterocycles. The summed E-state index contributed by atoms with van der Waals surface area (Å²) in [6, 6.07) is 13.2. The van der Waals surface area contributed by atoms with Crippen molar-refractivity contribution in [1.82, 2.24) is 0 Å². The molecule has 0 radical (unpaired) electrons. The molecule has 0 aromatic heterocycles. The van der Waals surface area contributed by atoms with Crippen molar-refractivity contribution in [3.8, 4) is 0 Å². The zero-order chi connectivity index (χ0) is 17.2. The molecule has 0 fully saturated rings. The highest BCUT2D eigenvalue weighted by atomic mass is 14.7. The number of rotatable bonds is 0. The number of nitrogen functional groups attached to an aromatic ring is 2. The quantitative estimate of drug-likeness (QED) is 0.330. The number of hydrogen-bond acceptors (Lipinski definition) is 2. The Kier molecular flexibility index (Phi) is 3.01. The van der Waals surface area contributed by atoms with Crippen molar-refractivity contribution >= 4 is 43.7 Å². The maximum atomic E-state index is 6.12. The number of fused-ring (bicyclic) bond motifs is 6. The van der Waals surface area contributed by atoms with E-state index in [0.29, 0.717) is 11.4 Å². The molecule has 24 heavy (non-hydrogen) atoms. The van der Waals surface area contributed by atoms with Gasteiger partial charge in [0.05, 0.1) is 11.4 Å². The summed E-state index contributed by atoms with van der Waals surface area (Å²) < 4.78 is 0. The molecule has 0 amide bonds. The minimum atomic E-state index is 0.644. The number of aryl methyl sites for hydroxylation is 4.